The maximum Gasteiger partial charge on any atom is 0.0708 e. The number of rotatable bonds is 6. The lowest BCUT2D eigenvalue weighted by molar-refractivity contribution is 0.331. The molecule has 0 atom stereocenters. The molecule has 1 fully saturated rings. The van der Waals surface area contributed by atoms with Gasteiger partial charge in [0, 0.05) is 23.8 Å². The number of anilines is 1. The van der Waals surface area contributed by atoms with E-state index in [1.54, 1.807) is 0 Å². The van der Waals surface area contributed by atoms with E-state index in [4.69, 9.17) is 11.6 Å². The number of hydrogen-bond acceptors (Lipinski definition) is 2. The molecule has 1 aliphatic heterocycles. The summed E-state index contributed by atoms with van der Waals surface area (Å²) in [5.74, 6) is 0. The quantitative estimate of drug-likeness (QED) is 0.717. The predicted octanol–water partition coefficient (Wildman–Crippen LogP) is 4.31. The van der Waals surface area contributed by atoms with E-state index in [2.05, 4.69) is 35.8 Å². The molecular weight excluding hydrogens is 256 g/mol. The fourth-order valence-electron chi connectivity index (χ4n) is 2.72. The molecule has 1 saturated heterocycles. The molecule has 2 rings (SSSR count). The molecule has 1 aromatic rings. The van der Waals surface area contributed by atoms with Crippen molar-refractivity contribution in [3.05, 3.63) is 28.8 Å². The van der Waals surface area contributed by atoms with Crippen molar-refractivity contribution in [2.45, 2.75) is 39.5 Å². The van der Waals surface area contributed by atoms with Gasteiger partial charge in [-0.1, -0.05) is 43.9 Å². The van der Waals surface area contributed by atoms with Gasteiger partial charge >= 0.3 is 0 Å². The first-order valence-electron chi connectivity index (χ1n) is 7.44. The third kappa shape index (κ3) is 3.87. The summed E-state index contributed by atoms with van der Waals surface area (Å²) < 4.78 is 0. The van der Waals surface area contributed by atoms with Gasteiger partial charge in [-0.05, 0) is 37.6 Å². The second-order valence-electron chi connectivity index (χ2n) is 5.47. The molecule has 0 unspecified atom stereocenters. The summed E-state index contributed by atoms with van der Waals surface area (Å²) in [6.07, 6.45) is 5.37. The SMILES string of the molecule is CCCCCCN1CCN(c2cccc(Cl)c2C)C1. The lowest BCUT2D eigenvalue weighted by atomic mass is 10.2. The third-order valence-electron chi connectivity index (χ3n) is 3.96. The average Bonchev–Trinajstić information content (AvgIpc) is 2.87. The molecule has 1 aromatic carbocycles. The van der Waals surface area contributed by atoms with Crippen LogP contribution in [-0.4, -0.2) is 31.2 Å². The molecule has 3 heteroatoms. The van der Waals surface area contributed by atoms with Gasteiger partial charge in [-0.3, -0.25) is 4.90 Å². The first-order chi connectivity index (χ1) is 9.22. The van der Waals surface area contributed by atoms with E-state index in [1.807, 2.05) is 6.07 Å². The van der Waals surface area contributed by atoms with Crippen LogP contribution in [0.1, 0.15) is 38.2 Å². The molecule has 19 heavy (non-hydrogen) atoms. The summed E-state index contributed by atoms with van der Waals surface area (Å²) in [5, 5.41) is 0.874. The predicted molar refractivity (Wildman–Crippen MR) is 84.1 cm³/mol. The lowest BCUT2D eigenvalue weighted by Gasteiger charge is -2.22. The Hall–Kier alpha value is -0.730. The van der Waals surface area contributed by atoms with E-state index in [0.29, 0.717) is 0 Å². The van der Waals surface area contributed by atoms with Crippen LogP contribution >= 0.6 is 11.6 Å². The van der Waals surface area contributed by atoms with Crippen LogP contribution in [0.15, 0.2) is 18.2 Å². The number of benzene rings is 1. The van der Waals surface area contributed by atoms with Crippen molar-refractivity contribution < 1.29 is 0 Å². The van der Waals surface area contributed by atoms with Gasteiger partial charge in [0.25, 0.3) is 0 Å². The van der Waals surface area contributed by atoms with Gasteiger partial charge in [0.2, 0.25) is 0 Å². The first-order valence-corrected chi connectivity index (χ1v) is 7.82. The van der Waals surface area contributed by atoms with Gasteiger partial charge in [0.15, 0.2) is 0 Å². The van der Waals surface area contributed by atoms with Crippen LogP contribution in [0, 0.1) is 6.92 Å². The van der Waals surface area contributed by atoms with Crippen molar-refractivity contribution in [2.75, 3.05) is 31.2 Å². The Morgan fingerprint density at radius 1 is 1.16 bits per heavy atom. The largest absolute Gasteiger partial charge is 0.357 e. The highest BCUT2D eigenvalue weighted by atomic mass is 35.5. The minimum Gasteiger partial charge on any atom is -0.357 e. The Morgan fingerprint density at radius 2 is 2.00 bits per heavy atom. The minimum absolute atomic E-state index is 0.874. The van der Waals surface area contributed by atoms with Crippen LogP contribution in [-0.2, 0) is 0 Å². The summed E-state index contributed by atoms with van der Waals surface area (Å²) in [6, 6.07) is 6.20. The fourth-order valence-corrected chi connectivity index (χ4v) is 2.89. The highest BCUT2D eigenvalue weighted by Gasteiger charge is 2.21. The highest BCUT2D eigenvalue weighted by Crippen LogP contribution is 2.28. The molecule has 0 spiro atoms. The van der Waals surface area contributed by atoms with Gasteiger partial charge < -0.3 is 4.90 Å². The smallest absolute Gasteiger partial charge is 0.0708 e. The fraction of sp³-hybridized carbons (Fsp3) is 0.625. The van der Waals surface area contributed by atoms with Crippen molar-refractivity contribution in [3.63, 3.8) is 0 Å². The molecule has 0 aromatic heterocycles. The standard InChI is InChI=1S/C16H25ClN2/c1-3-4-5-6-10-18-11-12-19(13-18)16-9-7-8-15(17)14(16)2/h7-9H,3-6,10-13H2,1-2H3. The monoisotopic (exact) mass is 280 g/mol. The zero-order chi connectivity index (χ0) is 13.7. The van der Waals surface area contributed by atoms with Crippen LogP contribution in [0.3, 0.4) is 0 Å². The lowest BCUT2D eigenvalue weighted by Crippen LogP contribution is -2.26. The van der Waals surface area contributed by atoms with Gasteiger partial charge in [-0.15, -0.1) is 0 Å². The zero-order valence-electron chi connectivity index (χ0n) is 12.2. The normalized spacial score (nSPS) is 16.3. The maximum absolute atomic E-state index is 6.21. The van der Waals surface area contributed by atoms with Crippen LogP contribution in [0.2, 0.25) is 5.02 Å². The Balaban J connectivity index is 1.86. The second kappa shape index (κ2) is 7.16. The van der Waals surface area contributed by atoms with E-state index in [0.717, 1.165) is 18.2 Å². The summed E-state index contributed by atoms with van der Waals surface area (Å²) >= 11 is 6.21. The molecule has 0 saturated carbocycles. The van der Waals surface area contributed by atoms with E-state index < -0.39 is 0 Å². The molecule has 0 bridgehead atoms. The summed E-state index contributed by atoms with van der Waals surface area (Å²) in [4.78, 5) is 5.00. The van der Waals surface area contributed by atoms with E-state index in [-0.39, 0.29) is 0 Å². The zero-order valence-corrected chi connectivity index (χ0v) is 12.9. The van der Waals surface area contributed by atoms with Gasteiger partial charge in [0.05, 0.1) is 6.67 Å². The van der Waals surface area contributed by atoms with Gasteiger partial charge in [0.1, 0.15) is 0 Å². The van der Waals surface area contributed by atoms with Crippen molar-refractivity contribution in [3.8, 4) is 0 Å². The van der Waals surface area contributed by atoms with Crippen molar-refractivity contribution in [2.24, 2.45) is 0 Å². The van der Waals surface area contributed by atoms with Crippen LogP contribution in [0.4, 0.5) is 5.69 Å². The molecule has 0 radical (unpaired) electrons. The maximum atomic E-state index is 6.21. The van der Waals surface area contributed by atoms with Gasteiger partial charge in [-0.25, -0.2) is 0 Å². The molecule has 106 valence electrons. The molecular formula is C16H25ClN2. The molecule has 1 aliphatic rings. The average molecular weight is 281 g/mol. The molecule has 1 heterocycles. The minimum atomic E-state index is 0.874. The molecule has 2 nitrogen and oxygen atoms in total. The Labute approximate surface area is 122 Å². The van der Waals surface area contributed by atoms with Crippen molar-refractivity contribution >= 4 is 17.3 Å². The highest BCUT2D eigenvalue weighted by molar-refractivity contribution is 6.31. The Morgan fingerprint density at radius 3 is 2.79 bits per heavy atom. The number of unbranched alkanes of at least 4 members (excludes halogenated alkanes) is 3. The van der Waals surface area contributed by atoms with E-state index >= 15 is 0 Å². The molecule has 0 amide bonds. The van der Waals surface area contributed by atoms with E-state index in [1.165, 1.54) is 50.0 Å². The van der Waals surface area contributed by atoms with Crippen LogP contribution in [0.25, 0.3) is 0 Å². The summed E-state index contributed by atoms with van der Waals surface area (Å²) in [5.41, 5.74) is 2.50. The number of hydrogen-bond donors (Lipinski definition) is 0. The van der Waals surface area contributed by atoms with E-state index in [9.17, 15) is 0 Å². The van der Waals surface area contributed by atoms with Crippen LogP contribution < -0.4 is 4.90 Å². The first kappa shape index (κ1) is 14.7. The number of halogens is 1. The second-order valence-corrected chi connectivity index (χ2v) is 5.87. The molecule has 0 N–H and O–H groups in total. The Kier molecular flexibility index (Phi) is 5.53. The Bertz CT molecular complexity index is 406. The van der Waals surface area contributed by atoms with Crippen molar-refractivity contribution in [1.29, 1.82) is 0 Å². The van der Waals surface area contributed by atoms with Crippen LogP contribution in [0.5, 0.6) is 0 Å². The van der Waals surface area contributed by atoms with Gasteiger partial charge in [-0.2, -0.15) is 0 Å². The molecule has 0 aliphatic carbocycles. The van der Waals surface area contributed by atoms with Crippen molar-refractivity contribution in [1.82, 2.24) is 4.90 Å². The summed E-state index contributed by atoms with van der Waals surface area (Å²) in [6.45, 7) is 8.96. The number of nitrogens with zero attached hydrogens (tertiary/aromatic N) is 2. The topological polar surface area (TPSA) is 6.48 Å². The summed E-state index contributed by atoms with van der Waals surface area (Å²) in [7, 11) is 0. The third-order valence-corrected chi connectivity index (χ3v) is 4.37.